The summed E-state index contributed by atoms with van der Waals surface area (Å²) >= 11 is 3.42. The van der Waals surface area contributed by atoms with E-state index in [-0.39, 0.29) is 42.4 Å². The quantitative estimate of drug-likeness (QED) is 0.690. The van der Waals surface area contributed by atoms with Gasteiger partial charge in [-0.15, -0.1) is 0 Å². The molecule has 2 aliphatic heterocycles. The molecule has 2 aromatic rings. The summed E-state index contributed by atoms with van der Waals surface area (Å²) in [6, 6.07) is 11.5. The second-order valence-electron chi connectivity index (χ2n) is 8.58. The first kappa shape index (κ1) is 21.1. The average molecular weight is 501 g/mol. The van der Waals surface area contributed by atoms with Crippen molar-refractivity contribution < 1.29 is 24.2 Å². The number of nitrogens with zero attached hydrogens (tertiary/aromatic N) is 2. The van der Waals surface area contributed by atoms with E-state index in [2.05, 4.69) is 28.1 Å². The number of phenols is 1. The number of fused-ring (bicyclic) bond motifs is 3. The molecule has 0 bridgehead atoms. The van der Waals surface area contributed by atoms with Gasteiger partial charge in [0, 0.05) is 30.0 Å². The topological polar surface area (TPSA) is 79.3 Å². The van der Waals surface area contributed by atoms with E-state index in [1.807, 2.05) is 21.9 Å². The highest BCUT2D eigenvalue weighted by atomic mass is 79.9. The third-order valence-corrected chi connectivity index (χ3v) is 7.55. The Hall–Kier alpha value is -2.74. The number of ether oxygens (including phenoxy) is 2. The van der Waals surface area contributed by atoms with E-state index in [1.54, 1.807) is 12.1 Å². The van der Waals surface area contributed by atoms with E-state index in [1.165, 1.54) is 18.2 Å². The lowest BCUT2D eigenvalue weighted by Crippen LogP contribution is -2.48. The summed E-state index contributed by atoms with van der Waals surface area (Å²) in [6.45, 7) is 1.19. The molecule has 2 amide bonds. The minimum Gasteiger partial charge on any atom is -0.504 e. The van der Waals surface area contributed by atoms with Gasteiger partial charge in [0.2, 0.25) is 5.91 Å². The molecule has 8 heteroatoms. The smallest absolute Gasteiger partial charge is 0.411 e. The molecule has 0 radical (unpaired) electrons. The number of hydrogen-bond acceptors (Lipinski definition) is 5. The number of aromatic hydroxyl groups is 1. The third kappa shape index (κ3) is 3.60. The molecular formula is C24H25BrN2O5. The van der Waals surface area contributed by atoms with Crippen molar-refractivity contribution in [1.82, 2.24) is 9.80 Å². The Morgan fingerprint density at radius 3 is 2.75 bits per heavy atom. The Morgan fingerprint density at radius 2 is 2.00 bits per heavy atom. The molecule has 7 nitrogen and oxygen atoms in total. The Morgan fingerprint density at radius 1 is 1.25 bits per heavy atom. The van der Waals surface area contributed by atoms with E-state index in [4.69, 9.17) is 9.47 Å². The molecule has 2 saturated heterocycles. The van der Waals surface area contributed by atoms with Crippen molar-refractivity contribution in [1.29, 1.82) is 0 Å². The average Bonchev–Trinajstić information content (AvgIpc) is 3.29. The van der Waals surface area contributed by atoms with Crippen LogP contribution in [0.15, 0.2) is 40.9 Å². The van der Waals surface area contributed by atoms with Crippen molar-refractivity contribution >= 4 is 27.9 Å². The largest absolute Gasteiger partial charge is 0.504 e. The molecule has 168 valence electrons. The molecule has 3 aliphatic rings. The number of hydrogen-bond donors (Lipinski definition) is 1. The van der Waals surface area contributed by atoms with Crippen molar-refractivity contribution in [2.75, 3.05) is 20.2 Å². The zero-order chi connectivity index (χ0) is 22.4. The molecule has 2 atom stereocenters. The SMILES string of the molecule is COc1cc(CC(=O)N2CCC(N3C(=O)OC4Cc5ccccc5C43)CC2)c(Br)cc1O. The number of halogens is 1. The summed E-state index contributed by atoms with van der Waals surface area (Å²) in [7, 11) is 1.48. The van der Waals surface area contributed by atoms with Crippen LogP contribution in [-0.2, 0) is 22.4 Å². The first-order valence-electron chi connectivity index (χ1n) is 10.9. The lowest BCUT2D eigenvalue weighted by molar-refractivity contribution is -0.131. The first-order chi connectivity index (χ1) is 15.5. The molecule has 1 aliphatic carbocycles. The molecular weight excluding hydrogens is 476 g/mol. The maximum atomic E-state index is 12.9. The van der Waals surface area contributed by atoms with Crippen molar-refractivity contribution in [2.45, 2.75) is 43.9 Å². The number of benzene rings is 2. The second kappa shape index (κ2) is 8.31. The fourth-order valence-electron chi connectivity index (χ4n) is 5.20. The summed E-state index contributed by atoms with van der Waals surface area (Å²) in [5.74, 6) is 0.388. The molecule has 2 aromatic carbocycles. The zero-order valence-electron chi connectivity index (χ0n) is 17.8. The Balaban J connectivity index is 1.25. The number of carbonyl (C=O) groups is 2. The normalized spacial score (nSPS) is 22.5. The zero-order valence-corrected chi connectivity index (χ0v) is 19.4. The Labute approximate surface area is 195 Å². The van der Waals surface area contributed by atoms with Crippen molar-refractivity contribution in [3.63, 3.8) is 0 Å². The molecule has 2 heterocycles. The highest BCUT2D eigenvalue weighted by Crippen LogP contribution is 2.44. The van der Waals surface area contributed by atoms with Crippen LogP contribution in [0.3, 0.4) is 0 Å². The number of amides is 2. The van der Waals surface area contributed by atoms with Gasteiger partial charge in [-0.2, -0.15) is 0 Å². The molecule has 5 rings (SSSR count). The minimum atomic E-state index is -0.237. The van der Waals surface area contributed by atoms with Gasteiger partial charge in [-0.05, 0) is 41.7 Å². The molecule has 1 N–H and O–H groups in total. The van der Waals surface area contributed by atoms with Crippen LogP contribution < -0.4 is 4.74 Å². The van der Waals surface area contributed by atoms with E-state index >= 15 is 0 Å². The summed E-state index contributed by atoms with van der Waals surface area (Å²) in [5.41, 5.74) is 3.20. The fourth-order valence-corrected chi connectivity index (χ4v) is 5.68. The number of rotatable bonds is 4. The van der Waals surface area contributed by atoms with Crippen LogP contribution in [0.25, 0.3) is 0 Å². The van der Waals surface area contributed by atoms with Gasteiger partial charge in [0.05, 0.1) is 19.6 Å². The van der Waals surface area contributed by atoms with Crippen molar-refractivity contribution in [3.05, 3.63) is 57.6 Å². The number of methoxy groups -OCH3 is 1. The van der Waals surface area contributed by atoms with Gasteiger partial charge in [0.25, 0.3) is 0 Å². The van der Waals surface area contributed by atoms with Crippen molar-refractivity contribution in [2.24, 2.45) is 0 Å². The predicted octanol–water partition coefficient (Wildman–Crippen LogP) is 3.82. The Bertz CT molecular complexity index is 1070. The van der Waals surface area contributed by atoms with Gasteiger partial charge in [0.15, 0.2) is 11.5 Å². The van der Waals surface area contributed by atoms with Crippen LogP contribution in [0.4, 0.5) is 4.79 Å². The second-order valence-corrected chi connectivity index (χ2v) is 9.44. The van der Waals surface area contributed by atoms with Crippen LogP contribution in [0.2, 0.25) is 0 Å². The molecule has 2 fully saturated rings. The monoisotopic (exact) mass is 500 g/mol. The van der Waals surface area contributed by atoms with Gasteiger partial charge in [-0.25, -0.2) is 4.79 Å². The summed E-state index contributed by atoms with van der Waals surface area (Å²) < 4.78 is 11.5. The minimum absolute atomic E-state index is 0.0185. The highest BCUT2D eigenvalue weighted by Gasteiger charge is 2.50. The van der Waals surface area contributed by atoms with Crippen molar-refractivity contribution in [3.8, 4) is 11.5 Å². The molecule has 0 aromatic heterocycles. The first-order valence-corrected chi connectivity index (χ1v) is 11.7. The maximum Gasteiger partial charge on any atom is 0.411 e. The molecule has 0 saturated carbocycles. The lowest BCUT2D eigenvalue weighted by atomic mass is 9.98. The predicted molar refractivity (Wildman–Crippen MR) is 121 cm³/mol. The highest BCUT2D eigenvalue weighted by molar-refractivity contribution is 9.10. The van der Waals surface area contributed by atoms with E-state index in [9.17, 15) is 14.7 Å². The summed E-state index contributed by atoms with van der Waals surface area (Å²) in [5, 5.41) is 9.89. The fraction of sp³-hybridized carbons (Fsp3) is 0.417. The Kier molecular flexibility index (Phi) is 5.49. The van der Waals surface area contributed by atoms with Gasteiger partial charge in [-0.3, -0.25) is 9.69 Å². The van der Waals surface area contributed by atoms with Crippen LogP contribution in [-0.4, -0.2) is 59.3 Å². The molecule has 0 spiro atoms. The number of piperidine rings is 1. The van der Waals surface area contributed by atoms with E-state index < -0.39 is 0 Å². The van der Waals surface area contributed by atoms with Gasteiger partial charge in [0.1, 0.15) is 6.10 Å². The van der Waals surface area contributed by atoms with Crippen LogP contribution >= 0.6 is 15.9 Å². The summed E-state index contributed by atoms with van der Waals surface area (Å²) in [4.78, 5) is 29.4. The van der Waals surface area contributed by atoms with E-state index in [0.29, 0.717) is 23.3 Å². The number of phenolic OH excluding ortho intramolecular Hbond substituents is 1. The number of carbonyl (C=O) groups excluding carboxylic acids is 2. The number of likely N-dealkylation sites (tertiary alicyclic amines) is 1. The summed E-state index contributed by atoms with van der Waals surface area (Å²) in [6.07, 6.45) is 2.09. The van der Waals surface area contributed by atoms with Crippen LogP contribution in [0.5, 0.6) is 11.5 Å². The van der Waals surface area contributed by atoms with E-state index in [0.717, 1.165) is 24.8 Å². The molecule has 2 unspecified atom stereocenters. The third-order valence-electron chi connectivity index (χ3n) is 6.81. The maximum absolute atomic E-state index is 12.9. The van der Waals surface area contributed by atoms with Gasteiger partial charge >= 0.3 is 6.09 Å². The van der Waals surface area contributed by atoms with Crippen LogP contribution in [0.1, 0.15) is 35.6 Å². The van der Waals surface area contributed by atoms with Crippen LogP contribution in [0, 0.1) is 0 Å². The van der Waals surface area contributed by atoms with Gasteiger partial charge in [-0.1, -0.05) is 40.2 Å². The lowest BCUT2D eigenvalue weighted by Gasteiger charge is -2.38. The standard InChI is InChI=1S/C24H25BrN2O5/c1-31-20-11-15(18(25)13-19(20)28)12-22(29)26-8-6-16(7-9-26)27-23-17-5-3-2-4-14(17)10-21(23)32-24(27)30/h2-5,11,13,16,21,23,28H,6-10,12H2,1H3. The van der Waals surface area contributed by atoms with Gasteiger partial charge < -0.3 is 19.5 Å². The molecule has 32 heavy (non-hydrogen) atoms.